The fraction of sp³-hybridized carbons (Fsp3) is 0.412. The van der Waals surface area contributed by atoms with Crippen LogP contribution in [0, 0.1) is 0 Å². The molecule has 0 unspecified atom stereocenters. The first-order valence-corrected chi connectivity index (χ1v) is 17.6. The quantitative estimate of drug-likeness (QED) is 0.204. The Bertz CT molecular complexity index is 1650. The first-order valence-electron chi connectivity index (χ1n) is 15.4. The minimum atomic E-state index is -4.45. The van der Waals surface area contributed by atoms with Gasteiger partial charge >= 0.3 is 0 Å². The van der Waals surface area contributed by atoms with Crippen LogP contribution in [0.5, 0.6) is 17.2 Å². The molecule has 0 bridgehead atoms. The zero-order valence-electron chi connectivity index (χ0n) is 27.0. The van der Waals surface area contributed by atoms with Gasteiger partial charge in [0.1, 0.15) is 18.3 Å². The van der Waals surface area contributed by atoms with Gasteiger partial charge in [-0.2, -0.15) is 0 Å². The molecule has 3 aromatic rings. The van der Waals surface area contributed by atoms with Crippen LogP contribution in [-0.4, -0.2) is 65.1 Å². The maximum atomic E-state index is 14.5. The third kappa shape index (κ3) is 8.82. The third-order valence-electron chi connectivity index (χ3n) is 8.24. The van der Waals surface area contributed by atoms with Crippen LogP contribution in [0.3, 0.4) is 0 Å². The summed E-state index contributed by atoms with van der Waals surface area (Å²) < 4.78 is 46.0. The number of carbonyl (C=O) groups is 2. The first-order chi connectivity index (χ1) is 22.5. The average Bonchev–Trinajstić information content (AvgIpc) is 3.07. The van der Waals surface area contributed by atoms with E-state index in [-0.39, 0.29) is 45.6 Å². The summed E-state index contributed by atoms with van der Waals surface area (Å²) in [6.45, 7) is 1.21. The molecule has 0 aromatic heterocycles. The number of halogens is 2. The molecule has 47 heavy (non-hydrogen) atoms. The van der Waals surface area contributed by atoms with Gasteiger partial charge in [-0.25, -0.2) is 8.42 Å². The summed E-state index contributed by atoms with van der Waals surface area (Å²) in [6, 6.07) is 14.8. The predicted molar refractivity (Wildman–Crippen MR) is 183 cm³/mol. The Labute approximate surface area is 286 Å². The SMILES string of the molecule is CC[C@@H](C(=O)NC1CCCCC1)N(Cc1ccc(Cl)cc1)C(=O)CN(c1cc(Cl)ccc1OC)S(=O)(=O)c1ccc(OC)c(OC)c1. The summed E-state index contributed by atoms with van der Waals surface area (Å²) >= 11 is 12.5. The fourth-order valence-corrected chi connectivity index (χ4v) is 7.45. The molecule has 0 spiro atoms. The molecular weight excluding hydrogens is 665 g/mol. The van der Waals surface area contributed by atoms with E-state index in [4.69, 9.17) is 37.4 Å². The molecule has 0 saturated heterocycles. The molecule has 1 N–H and O–H groups in total. The Balaban J connectivity index is 1.79. The molecule has 1 fully saturated rings. The summed E-state index contributed by atoms with van der Waals surface area (Å²) in [5, 5.41) is 3.90. The summed E-state index contributed by atoms with van der Waals surface area (Å²) in [6.07, 6.45) is 5.24. The van der Waals surface area contributed by atoms with E-state index in [0.717, 1.165) is 42.0 Å². The maximum Gasteiger partial charge on any atom is 0.265 e. The minimum absolute atomic E-state index is 0.0236. The molecule has 2 amide bonds. The van der Waals surface area contributed by atoms with Gasteiger partial charge in [-0.1, -0.05) is 61.5 Å². The molecular formula is C34H41Cl2N3O7S. The highest BCUT2D eigenvalue weighted by Crippen LogP contribution is 2.37. The van der Waals surface area contributed by atoms with E-state index < -0.39 is 28.5 Å². The molecule has 254 valence electrons. The van der Waals surface area contributed by atoms with Gasteiger partial charge in [0.25, 0.3) is 10.0 Å². The van der Waals surface area contributed by atoms with Crippen LogP contribution in [0.25, 0.3) is 0 Å². The van der Waals surface area contributed by atoms with Crippen LogP contribution < -0.4 is 23.8 Å². The maximum absolute atomic E-state index is 14.5. The van der Waals surface area contributed by atoms with Crippen molar-refractivity contribution in [3.8, 4) is 17.2 Å². The van der Waals surface area contributed by atoms with Crippen LogP contribution in [-0.2, 0) is 26.2 Å². The second-order valence-electron chi connectivity index (χ2n) is 11.3. The number of carbonyl (C=O) groups excluding carboxylic acids is 2. The number of sulfonamides is 1. The van der Waals surface area contributed by atoms with Gasteiger partial charge in [-0.05, 0) is 67.3 Å². The Morgan fingerprint density at radius 3 is 2.09 bits per heavy atom. The van der Waals surface area contributed by atoms with Crippen molar-refractivity contribution in [1.82, 2.24) is 10.2 Å². The number of nitrogens with one attached hydrogen (secondary N) is 1. The van der Waals surface area contributed by atoms with Crippen molar-refractivity contribution in [2.45, 2.75) is 69.0 Å². The molecule has 1 aliphatic rings. The van der Waals surface area contributed by atoms with E-state index in [1.54, 1.807) is 30.3 Å². The lowest BCUT2D eigenvalue weighted by atomic mass is 9.95. The van der Waals surface area contributed by atoms with Crippen LogP contribution in [0.2, 0.25) is 10.0 Å². The number of benzene rings is 3. The monoisotopic (exact) mass is 705 g/mol. The molecule has 0 radical (unpaired) electrons. The van der Waals surface area contributed by atoms with Crippen LogP contribution in [0.1, 0.15) is 51.0 Å². The van der Waals surface area contributed by atoms with Crippen molar-refractivity contribution >= 4 is 50.7 Å². The van der Waals surface area contributed by atoms with Crippen LogP contribution >= 0.6 is 23.2 Å². The Morgan fingerprint density at radius 2 is 1.47 bits per heavy atom. The topological polar surface area (TPSA) is 114 Å². The van der Waals surface area contributed by atoms with Gasteiger partial charge in [-0.15, -0.1) is 0 Å². The van der Waals surface area contributed by atoms with E-state index in [0.29, 0.717) is 17.2 Å². The van der Waals surface area contributed by atoms with Gasteiger partial charge in [0, 0.05) is 28.7 Å². The van der Waals surface area contributed by atoms with Gasteiger partial charge in [0.2, 0.25) is 11.8 Å². The molecule has 0 heterocycles. The largest absolute Gasteiger partial charge is 0.495 e. The summed E-state index contributed by atoms with van der Waals surface area (Å²) in [7, 11) is -0.217. The van der Waals surface area contributed by atoms with Crippen molar-refractivity contribution in [3.05, 3.63) is 76.3 Å². The summed E-state index contributed by atoms with van der Waals surface area (Å²) in [5.41, 5.74) is 0.774. The second-order valence-corrected chi connectivity index (χ2v) is 14.0. The smallest absolute Gasteiger partial charge is 0.265 e. The Kier molecular flexibility index (Phi) is 12.6. The predicted octanol–water partition coefficient (Wildman–Crippen LogP) is 6.47. The number of hydrogen-bond donors (Lipinski definition) is 1. The normalized spacial score (nSPS) is 14.2. The second kappa shape index (κ2) is 16.4. The molecule has 4 rings (SSSR count). The van der Waals surface area contributed by atoms with E-state index in [1.165, 1.54) is 56.6 Å². The molecule has 1 atom stereocenters. The van der Waals surface area contributed by atoms with Crippen molar-refractivity contribution in [2.75, 3.05) is 32.2 Å². The van der Waals surface area contributed by atoms with Crippen molar-refractivity contribution < 1.29 is 32.2 Å². The highest BCUT2D eigenvalue weighted by Gasteiger charge is 2.36. The zero-order chi connectivity index (χ0) is 34.1. The van der Waals surface area contributed by atoms with Gasteiger partial charge < -0.3 is 24.4 Å². The number of hydrogen-bond acceptors (Lipinski definition) is 7. The third-order valence-corrected chi connectivity index (χ3v) is 10.5. The van der Waals surface area contributed by atoms with E-state index in [1.807, 2.05) is 6.92 Å². The number of ether oxygens (including phenoxy) is 3. The van der Waals surface area contributed by atoms with Gasteiger partial charge in [0.15, 0.2) is 11.5 Å². The molecule has 3 aromatic carbocycles. The van der Waals surface area contributed by atoms with Crippen molar-refractivity contribution in [2.24, 2.45) is 0 Å². The molecule has 10 nitrogen and oxygen atoms in total. The summed E-state index contributed by atoms with van der Waals surface area (Å²) in [4.78, 5) is 29.5. The standard InChI is InChI=1S/C34H41Cl2N3O7S/c1-5-28(34(41)37-26-9-7-6-8-10-26)38(21-23-11-13-24(35)14-12-23)33(40)22-39(29-19-25(36)15-17-30(29)44-2)47(42,43)27-16-18-31(45-3)32(20-27)46-4/h11-20,26,28H,5-10,21-22H2,1-4H3,(H,37,41)/t28-/m0/s1. The Morgan fingerprint density at radius 1 is 0.851 bits per heavy atom. The van der Waals surface area contributed by atoms with Gasteiger partial charge in [-0.3, -0.25) is 13.9 Å². The lowest BCUT2D eigenvalue weighted by Crippen LogP contribution is -2.54. The van der Waals surface area contributed by atoms with E-state index >= 15 is 0 Å². The zero-order valence-corrected chi connectivity index (χ0v) is 29.3. The highest BCUT2D eigenvalue weighted by atomic mass is 35.5. The highest BCUT2D eigenvalue weighted by molar-refractivity contribution is 7.92. The number of nitrogens with zero attached hydrogens (tertiary/aromatic N) is 2. The fourth-order valence-electron chi connectivity index (χ4n) is 5.73. The Hall–Kier alpha value is -3.67. The lowest BCUT2D eigenvalue weighted by Gasteiger charge is -2.34. The molecule has 0 aliphatic heterocycles. The molecule has 1 aliphatic carbocycles. The first kappa shape index (κ1) is 36.2. The number of methoxy groups -OCH3 is 3. The number of anilines is 1. The number of amides is 2. The van der Waals surface area contributed by atoms with E-state index in [2.05, 4.69) is 5.32 Å². The average molecular weight is 707 g/mol. The molecule has 1 saturated carbocycles. The van der Waals surface area contributed by atoms with Crippen LogP contribution in [0.15, 0.2) is 65.6 Å². The summed E-state index contributed by atoms with van der Waals surface area (Å²) in [5.74, 6) is -0.184. The van der Waals surface area contributed by atoms with Crippen LogP contribution in [0.4, 0.5) is 5.69 Å². The van der Waals surface area contributed by atoms with Crippen molar-refractivity contribution in [1.29, 1.82) is 0 Å². The lowest BCUT2D eigenvalue weighted by molar-refractivity contribution is -0.140. The van der Waals surface area contributed by atoms with E-state index in [9.17, 15) is 18.0 Å². The minimum Gasteiger partial charge on any atom is -0.495 e. The number of rotatable bonds is 14. The molecule has 13 heteroatoms. The van der Waals surface area contributed by atoms with Crippen molar-refractivity contribution in [3.63, 3.8) is 0 Å². The van der Waals surface area contributed by atoms with Gasteiger partial charge in [0.05, 0.1) is 31.9 Å².